The minimum atomic E-state index is 0.0370. The van der Waals surface area contributed by atoms with E-state index in [4.69, 9.17) is 5.11 Å². The van der Waals surface area contributed by atoms with Crippen molar-refractivity contribution in [3.63, 3.8) is 0 Å². The Labute approximate surface area is 56.2 Å². The zero-order chi connectivity index (χ0) is 7.70. The normalized spacial score (nSPS) is 8.89. The molecule has 0 fully saturated rings. The van der Waals surface area contributed by atoms with Crippen molar-refractivity contribution < 1.29 is 5.11 Å². The summed E-state index contributed by atoms with van der Waals surface area (Å²) in [5.74, 6) is 0.0370. The molecular formula is C7H13NO. The van der Waals surface area contributed by atoms with Gasteiger partial charge in [0.05, 0.1) is 6.20 Å². The van der Waals surface area contributed by atoms with Crippen molar-refractivity contribution in [3.05, 3.63) is 24.6 Å². The van der Waals surface area contributed by atoms with E-state index >= 15 is 0 Å². The van der Waals surface area contributed by atoms with Crippen LogP contribution in [-0.2, 0) is 0 Å². The van der Waals surface area contributed by atoms with Crippen LogP contribution in [0.1, 0.15) is 13.8 Å². The highest BCUT2D eigenvalue weighted by molar-refractivity contribution is 5.26. The zero-order valence-electron chi connectivity index (χ0n) is 5.96. The first kappa shape index (κ1) is 10.8. The van der Waals surface area contributed by atoms with Gasteiger partial charge in [-0.1, -0.05) is 20.4 Å². The third-order valence-corrected chi connectivity index (χ3v) is 0.433. The molecule has 9 heavy (non-hydrogen) atoms. The van der Waals surface area contributed by atoms with Crippen molar-refractivity contribution in [2.24, 2.45) is 4.99 Å². The maximum Gasteiger partial charge on any atom is 0.133 e. The molecule has 0 heterocycles. The van der Waals surface area contributed by atoms with Gasteiger partial charge >= 0.3 is 0 Å². The summed E-state index contributed by atoms with van der Waals surface area (Å²) >= 11 is 0. The van der Waals surface area contributed by atoms with Crippen molar-refractivity contribution in [3.8, 4) is 0 Å². The average molecular weight is 127 g/mol. The van der Waals surface area contributed by atoms with Gasteiger partial charge in [0.2, 0.25) is 0 Å². The van der Waals surface area contributed by atoms with E-state index in [1.807, 2.05) is 13.8 Å². The Hall–Kier alpha value is -1.05. The highest BCUT2D eigenvalue weighted by Gasteiger charge is 1.73. The highest BCUT2D eigenvalue weighted by atomic mass is 16.3. The van der Waals surface area contributed by atoms with E-state index in [-0.39, 0.29) is 5.76 Å². The molecule has 0 radical (unpaired) electrons. The van der Waals surface area contributed by atoms with E-state index < -0.39 is 0 Å². The molecule has 0 amide bonds. The molecule has 2 heteroatoms. The largest absolute Gasteiger partial charge is 0.506 e. The molecule has 0 saturated heterocycles. The predicted octanol–water partition coefficient (Wildman–Crippen LogP) is 2.30. The van der Waals surface area contributed by atoms with Gasteiger partial charge in [0.25, 0.3) is 0 Å². The van der Waals surface area contributed by atoms with Gasteiger partial charge in [-0.3, -0.25) is 4.99 Å². The first-order valence-electron chi connectivity index (χ1n) is 2.78. The topological polar surface area (TPSA) is 32.6 Å². The van der Waals surface area contributed by atoms with Crippen molar-refractivity contribution in [2.75, 3.05) is 0 Å². The third-order valence-electron chi connectivity index (χ3n) is 0.433. The SMILES string of the molecule is C=C/C(O)=C\N=C.CC. The molecule has 0 spiro atoms. The fourth-order valence-corrected chi connectivity index (χ4v) is 0.146. The second-order valence-corrected chi connectivity index (χ2v) is 0.941. The molecule has 0 aliphatic rings. The lowest BCUT2D eigenvalue weighted by Gasteiger charge is -1.79. The van der Waals surface area contributed by atoms with Crippen LogP contribution in [0.15, 0.2) is 29.6 Å². The van der Waals surface area contributed by atoms with Crippen LogP contribution >= 0.6 is 0 Å². The van der Waals surface area contributed by atoms with Crippen molar-refractivity contribution >= 4 is 6.72 Å². The number of nitrogens with zero attached hydrogens (tertiary/aromatic N) is 1. The van der Waals surface area contributed by atoms with E-state index in [1.54, 1.807) is 0 Å². The number of hydrogen-bond acceptors (Lipinski definition) is 2. The highest BCUT2D eigenvalue weighted by Crippen LogP contribution is 1.85. The van der Waals surface area contributed by atoms with Gasteiger partial charge in [0, 0.05) is 0 Å². The average Bonchev–Trinajstić information content (AvgIpc) is 1.93. The minimum absolute atomic E-state index is 0.0370. The van der Waals surface area contributed by atoms with E-state index in [0.717, 1.165) is 0 Å². The van der Waals surface area contributed by atoms with E-state index in [9.17, 15) is 0 Å². The first-order chi connectivity index (χ1) is 4.31. The second kappa shape index (κ2) is 10.0. The van der Waals surface area contributed by atoms with E-state index in [0.29, 0.717) is 0 Å². The van der Waals surface area contributed by atoms with Crippen LogP contribution in [0.4, 0.5) is 0 Å². The summed E-state index contributed by atoms with van der Waals surface area (Å²) in [4.78, 5) is 3.27. The third kappa shape index (κ3) is 10.9. The Morgan fingerprint density at radius 2 is 2.00 bits per heavy atom. The van der Waals surface area contributed by atoms with Crippen LogP contribution in [0.5, 0.6) is 0 Å². The molecule has 0 bridgehead atoms. The second-order valence-electron chi connectivity index (χ2n) is 0.941. The van der Waals surface area contributed by atoms with Gasteiger partial charge in [0.15, 0.2) is 0 Å². The Balaban J connectivity index is 0. The monoisotopic (exact) mass is 127 g/mol. The van der Waals surface area contributed by atoms with Crippen LogP contribution in [0, 0.1) is 0 Å². The standard InChI is InChI=1S/C5H7NO.C2H6/c1-3-5(7)4-6-2;1-2/h3-4,7H,1-2H2;1-2H3/b5-4+;. The Bertz CT molecular complexity index is 105. The van der Waals surface area contributed by atoms with Crippen LogP contribution in [0.3, 0.4) is 0 Å². The summed E-state index contributed by atoms with van der Waals surface area (Å²) in [6.45, 7) is 10.4. The fourth-order valence-electron chi connectivity index (χ4n) is 0.146. The molecule has 0 aliphatic carbocycles. The molecule has 0 aromatic carbocycles. The van der Waals surface area contributed by atoms with Gasteiger partial charge in [0.1, 0.15) is 5.76 Å². The fraction of sp³-hybridized carbons (Fsp3) is 0.286. The van der Waals surface area contributed by atoms with E-state index in [1.165, 1.54) is 12.3 Å². The quantitative estimate of drug-likeness (QED) is 0.344. The molecule has 52 valence electrons. The lowest BCUT2D eigenvalue weighted by Crippen LogP contribution is -1.66. The maximum absolute atomic E-state index is 8.47. The lowest BCUT2D eigenvalue weighted by atomic mass is 10.5. The predicted molar refractivity (Wildman–Crippen MR) is 41.8 cm³/mol. The van der Waals surface area contributed by atoms with Crippen molar-refractivity contribution in [1.29, 1.82) is 0 Å². The van der Waals surface area contributed by atoms with Crippen LogP contribution < -0.4 is 0 Å². The first-order valence-corrected chi connectivity index (χ1v) is 2.78. The number of allylic oxidation sites excluding steroid dienone is 1. The molecule has 1 N–H and O–H groups in total. The molecule has 2 nitrogen and oxygen atoms in total. The van der Waals surface area contributed by atoms with Gasteiger partial charge in [-0.05, 0) is 12.8 Å². The van der Waals surface area contributed by atoms with Gasteiger partial charge in [-0.15, -0.1) is 0 Å². The van der Waals surface area contributed by atoms with Gasteiger partial charge < -0.3 is 5.11 Å². The molecular weight excluding hydrogens is 114 g/mol. The molecule has 0 unspecified atom stereocenters. The van der Waals surface area contributed by atoms with Crippen LogP contribution in [0.25, 0.3) is 0 Å². The molecule has 0 aromatic rings. The summed E-state index contributed by atoms with van der Waals surface area (Å²) in [5, 5.41) is 8.47. The number of aliphatic imine (C=N–C) groups is 1. The summed E-state index contributed by atoms with van der Waals surface area (Å²) in [6.07, 6.45) is 2.50. The van der Waals surface area contributed by atoms with E-state index in [2.05, 4.69) is 18.3 Å². The van der Waals surface area contributed by atoms with Crippen LogP contribution in [0.2, 0.25) is 0 Å². The minimum Gasteiger partial charge on any atom is -0.506 e. The maximum atomic E-state index is 8.47. The van der Waals surface area contributed by atoms with Crippen molar-refractivity contribution in [1.82, 2.24) is 0 Å². The summed E-state index contributed by atoms with van der Waals surface area (Å²) in [6, 6.07) is 0. The zero-order valence-corrected chi connectivity index (χ0v) is 5.96. The smallest absolute Gasteiger partial charge is 0.133 e. The number of rotatable bonds is 2. The molecule has 0 rings (SSSR count). The Morgan fingerprint density at radius 1 is 1.56 bits per heavy atom. The van der Waals surface area contributed by atoms with Crippen LogP contribution in [-0.4, -0.2) is 11.8 Å². The summed E-state index contributed by atoms with van der Waals surface area (Å²) in [7, 11) is 0. The number of hydrogen-bond donors (Lipinski definition) is 1. The Morgan fingerprint density at radius 3 is 2.11 bits per heavy atom. The molecule has 0 atom stereocenters. The lowest BCUT2D eigenvalue weighted by molar-refractivity contribution is 0.431. The molecule has 0 aromatic heterocycles. The Kier molecular flexibility index (Phi) is 12.1. The van der Waals surface area contributed by atoms with Crippen molar-refractivity contribution in [2.45, 2.75) is 13.8 Å². The molecule has 0 saturated carbocycles. The summed E-state index contributed by atoms with van der Waals surface area (Å²) in [5.41, 5.74) is 0. The number of aliphatic hydroxyl groups excluding tert-OH is 1. The van der Waals surface area contributed by atoms with Gasteiger partial charge in [-0.25, -0.2) is 0 Å². The molecule has 0 aliphatic heterocycles. The van der Waals surface area contributed by atoms with Gasteiger partial charge in [-0.2, -0.15) is 0 Å². The number of aliphatic hydroxyl groups is 1. The summed E-state index contributed by atoms with van der Waals surface area (Å²) < 4.78 is 0.